The van der Waals surface area contributed by atoms with E-state index in [0.29, 0.717) is 41.7 Å². The van der Waals surface area contributed by atoms with Crippen molar-refractivity contribution >= 4 is 17.7 Å². The molecule has 0 saturated heterocycles. The summed E-state index contributed by atoms with van der Waals surface area (Å²) >= 11 is 0. The van der Waals surface area contributed by atoms with Gasteiger partial charge in [-0.1, -0.05) is 0 Å². The van der Waals surface area contributed by atoms with Gasteiger partial charge in [-0.15, -0.1) is 0 Å². The van der Waals surface area contributed by atoms with Gasteiger partial charge in [-0.2, -0.15) is 5.26 Å². The smallest absolute Gasteiger partial charge is 0.266 e. The summed E-state index contributed by atoms with van der Waals surface area (Å²) in [6.45, 7) is 4.78. The second-order valence-corrected chi connectivity index (χ2v) is 5.42. The van der Waals surface area contributed by atoms with Gasteiger partial charge in [0.05, 0.1) is 20.3 Å². The largest absolute Gasteiger partial charge is 0.497 e. The van der Waals surface area contributed by atoms with Crippen LogP contribution in [0.5, 0.6) is 17.2 Å². The number of hydrogen-bond acceptors (Lipinski definition) is 5. The van der Waals surface area contributed by atoms with E-state index in [9.17, 15) is 10.1 Å². The number of rotatable bonds is 8. The molecular weight excluding hydrogens is 344 g/mol. The van der Waals surface area contributed by atoms with Crippen LogP contribution in [0.25, 0.3) is 6.08 Å². The number of ether oxygens (including phenoxy) is 3. The number of benzene rings is 2. The molecule has 1 N–H and O–H groups in total. The van der Waals surface area contributed by atoms with Gasteiger partial charge in [0, 0.05) is 17.3 Å². The highest BCUT2D eigenvalue weighted by Crippen LogP contribution is 2.27. The van der Waals surface area contributed by atoms with Crippen molar-refractivity contribution in [2.45, 2.75) is 13.8 Å². The molecule has 0 aromatic heterocycles. The van der Waals surface area contributed by atoms with Gasteiger partial charge in [-0.3, -0.25) is 4.79 Å². The Balaban J connectivity index is 2.22. The first kappa shape index (κ1) is 19.9. The zero-order valence-corrected chi connectivity index (χ0v) is 15.6. The molecule has 0 bridgehead atoms. The fourth-order valence-corrected chi connectivity index (χ4v) is 2.35. The summed E-state index contributed by atoms with van der Waals surface area (Å²) in [6, 6.07) is 14.1. The average Bonchev–Trinajstić information content (AvgIpc) is 2.68. The fraction of sp³-hybridized carbons (Fsp3) is 0.238. The Labute approximate surface area is 159 Å². The van der Waals surface area contributed by atoms with E-state index in [2.05, 4.69) is 5.32 Å². The Morgan fingerprint density at radius 3 is 2.33 bits per heavy atom. The van der Waals surface area contributed by atoms with Gasteiger partial charge in [0.25, 0.3) is 5.91 Å². The van der Waals surface area contributed by atoms with Crippen molar-refractivity contribution in [1.82, 2.24) is 0 Å². The van der Waals surface area contributed by atoms with Crippen LogP contribution in [0.4, 0.5) is 5.69 Å². The van der Waals surface area contributed by atoms with E-state index in [0.717, 1.165) is 0 Å². The highest BCUT2D eigenvalue weighted by molar-refractivity contribution is 6.09. The van der Waals surface area contributed by atoms with Gasteiger partial charge >= 0.3 is 0 Å². The first-order chi connectivity index (χ1) is 13.1. The van der Waals surface area contributed by atoms with Crippen molar-refractivity contribution in [3.63, 3.8) is 0 Å². The molecule has 0 fully saturated rings. The maximum Gasteiger partial charge on any atom is 0.266 e. The van der Waals surface area contributed by atoms with Crippen LogP contribution >= 0.6 is 0 Å². The molecule has 2 rings (SSSR count). The van der Waals surface area contributed by atoms with Gasteiger partial charge in [0.15, 0.2) is 0 Å². The summed E-state index contributed by atoms with van der Waals surface area (Å²) in [5, 5.41) is 12.1. The highest BCUT2D eigenvalue weighted by Gasteiger charge is 2.12. The van der Waals surface area contributed by atoms with Gasteiger partial charge in [0.1, 0.15) is 28.9 Å². The van der Waals surface area contributed by atoms with Crippen molar-refractivity contribution in [2.75, 3.05) is 25.6 Å². The number of nitriles is 1. The molecule has 140 valence electrons. The van der Waals surface area contributed by atoms with Gasteiger partial charge < -0.3 is 19.5 Å². The van der Waals surface area contributed by atoms with Crippen molar-refractivity contribution in [3.8, 4) is 23.3 Å². The molecule has 27 heavy (non-hydrogen) atoms. The van der Waals surface area contributed by atoms with Gasteiger partial charge in [-0.05, 0) is 56.3 Å². The maximum absolute atomic E-state index is 12.5. The van der Waals surface area contributed by atoms with E-state index in [-0.39, 0.29) is 5.57 Å². The molecule has 2 aromatic rings. The van der Waals surface area contributed by atoms with Crippen LogP contribution in [0.2, 0.25) is 0 Å². The SMILES string of the molecule is CCOc1ccc(NC(=O)/C(C#N)=C/c2ccc(OC)cc2OCC)cc1. The molecule has 0 aliphatic heterocycles. The Morgan fingerprint density at radius 1 is 1.07 bits per heavy atom. The summed E-state index contributed by atoms with van der Waals surface area (Å²) in [5.41, 5.74) is 1.16. The number of methoxy groups -OCH3 is 1. The topological polar surface area (TPSA) is 80.6 Å². The predicted molar refractivity (Wildman–Crippen MR) is 104 cm³/mol. The normalized spacial score (nSPS) is 10.7. The maximum atomic E-state index is 12.5. The Kier molecular flexibility index (Phi) is 7.26. The van der Waals surface area contributed by atoms with E-state index in [1.54, 1.807) is 49.6 Å². The lowest BCUT2D eigenvalue weighted by atomic mass is 10.1. The number of anilines is 1. The molecule has 0 aliphatic carbocycles. The van der Waals surface area contributed by atoms with Gasteiger partial charge in [0.2, 0.25) is 0 Å². The van der Waals surface area contributed by atoms with E-state index >= 15 is 0 Å². The van der Waals surface area contributed by atoms with Crippen LogP contribution in [-0.2, 0) is 4.79 Å². The summed E-state index contributed by atoms with van der Waals surface area (Å²) in [7, 11) is 1.56. The standard InChI is InChI=1S/C21H22N2O4/c1-4-26-18-10-7-17(8-11-18)23-21(24)16(14-22)12-15-6-9-19(25-3)13-20(15)27-5-2/h6-13H,4-5H2,1-3H3,(H,23,24)/b16-12+. The second kappa shape index (κ2) is 9.88. The third-order valence-electron chi connectivity index (χ3n) is 3.61. The first-order valence-electron chi connectivity index (χ1n) is 8.58. The van der Waals surface area contributed by atoms with Crippen LogP contribution in [-0.4, -0.2) is 26.2 Å². The number of carbonyl (C=O) groups excluding carboxylic acids is 1. The lowest BCUT2D eigenvalue weighted by Gasteiger charge is -2.10. The zero-order valence-electron chi connectivity index (χ0n) is 15.6. The van der Waals surface area contributed by atoms with Crippen molar-refractivity contribution < 1.29 is 19.0 Å². The molecule has 0 radical (unpaired) electrons. The molecular formula is C21H22N2O4. The van der Waals surface area contributed by atoms with Crippen molar-refractivity contribution in [2.24, 2.45) is 0 Å². The quantitative estimate of drug-likeness (QED) is 0.563. The van der Waals surface area contributed by atoms with E-state index < -0.39 is 5.91 Å². The fourth-order valence-electron chi connectivity index (χ4n) is 2.35. The molecule has 0 saturated carbocycles. The molecule has 0 heterocycles. The van der Waals surface area contributed by atoms with Crippen molar-refractivity contribution in [1.29, 1.82) is 5.26 Å². The number of nitrogens with zero attached hydrogens (tertiary/aromatic N) is 1. The Morgan fingerprint density at radius 2 is 1.74 bits per heavy atom. The molecule has 6 nitrogen and oxygen atoms in total. The molecule has 2 aromatic carbocycles. The molecule has 0 spiro atoms. The number of carbonyl (C=O) groups is 1. The lowest BCUT2D eigenvalue weighted by molar-refractivity contribution is -0.112. The van der Waals surface area contributed by atoms with Crippen LogP contribution in [0.15, 0.2) is 48.0 Å². The number of nitrogens with one attached hydrogen (secondary N) is 1. The van der Waals surface area contributed by atoms with Gasteiger partial charge in [-0.25, -0.2) is 0 Å². The lowest BCUT2D eigenvalue weighted by Crippen LogP contribution is -2.13. The molecule has 6 heteroatoms. The summed E-state index contributed by atoms with van der Waals surface area (Å²) < 4.78 is 16.1. The third-order valence-corrected chi connectivity index (χ3v) is 3.61. The Bertz CT molecular complexity index is 851. The first-order valence-corrected chi connectivity index (χ1v) is 8.58. The van der Waals surface area contributed by atoms with E-state index in [1.165, 1.54) is 6.08 Å². The predicted octanol–water partition coefficient (Wildman–Crippen LogP) is 4.04. The van der Waals surface area contributed by atoms with Crippen LogP contribution in [0.1, 0.15) is 19.4 Å². The molecule has 0 unspecified atom stereocenters. The third kappa shape index (κ3) is 5.51. The van der Waals surface area contributed by atoms with Crippen molar-refractivity contribution in [3.05, 3.63) is 53.6 Å². The van der Waals surface area contributed by atoms with Crippen LogP contribution in [0.3, 0.4) is 0 Å². The Hall–Kier alpha value is -3.46. The molecule has 0 aliphatic rings. The number of amides is 1. The minimum absolute atomic E-state index is 0.0324. The molecule has 1 amide bonds. The minimum Gasteiger partial charge on any atom is -0.497 e. The van der Waals surface area contributed by atoms with E-state index in [4.69, 9.17) is 14.2 Å². The van der Waals surface area contributed by atoms with E-state index in [1.807, 2.05) is 19.9 Å². The highest BCUT2D eigenvalue weighted by atomic mass is 16.5. The monoisotopic (exact) mass is 366 g/mol. The van der Waals surface area contributed by atoms with Crippen LogP contribution in [0, 0.1) is 11.3 Å². The second-order valence-electron chi connectivity index (χ2n) is 5.42. The summed E-state index contributed by atoms with van der Waals surface area (Å²) in [5.74, 6) is 1.39. The minimum atomic E-state index is -0.500. The molecule has 0 atom stereocenters. The summed E-state index contributed by atoms with van der Waals surface area (Å²) in [6.07, 6.45) is 1.49. The van der Waals surface area contributed by atoms with Crippen LogP contribution < -0.4 is 19.5 Å². The zero-order chi connectivity index (χ0) is 19.6. The average molecular weight is 366 g/mol. The number of hydrogen-bond donors (Lipinski definition) is 1. The summed E-state index contributed by atoms with van der Waals surface area (Å²) in [4.78, 5) is 12.5.